The minimum atomic E-state index is -4.61. The molecule has 1 atom stereocenters. The number of alkyl halides is 3. The molecule has 0 saturated carbocycles. The number of urea groups is 1. The van der Waals surface area contributed by atoms with E-state index in [0.29, 0.717) is 19.0 Å². The zero-order chi connectivity index (χ0) is 16.5. The van der Waals surface area contributed by atoms with Crippen LogP contribution in [0.2, 0.25) is 5.02 Å². The van der Waals surface area contributed by atoms with Crippen molar-refractivity contribution in [3.05, 3.63) is 27.2 Å². The number of amides is 2. The van der Waals surface area contributed by atoms with E-state index >= 15 is 0 Å². The predicted molar refractivity (Wildman–Crippen MR) is 83.1 cm³/mol. The zero-order valence-electron chi connectivity index (χ0n) is 11.8. The Morgan fingerprint density at radius 3 is 2.73 bits per heavy atom. The summed E-state index contributed by atoms with van der Waals surface area (Å²) in [5, 5.41) is 2.16. The lowest BCUT2D eigenvalue weighted by Crippen LogP contribution is -2.42. The summed E-state index contributed by atoms with van der Waals surface area (Å²) in [6.45, 7) is 3.07. The van der Waals surface area contributed by atoms with Crippen LogP contribution in [0.15, 0.2) is 16.6 Å². The number of piperidine rings is 1. The van der Waals surface area contributed by atoms with Crippen LogP contribution in [-0.2, 0) is 6.18 Å². The van der Waals surface area contributed by atoms with Gasteiger partial charge in [-0.05, 0) is 30.9 Å². The van der Waals surface area contributed by atoms with Crippen LogP contribution >= 0.6 is 27.5 Å². The zero-order valence-corrected chi connectivity index (χ0v) is 14.1. The van der Waals surface area contributed by atoms with Gasteiger partial charge in [0.05, 0.1) is 16.3 Å². The number of carbonyl (C=O) groups is 1. The summed E-state index contributed by atoms with van der Waals surface area (Å²) in [5.74, 6) is 0.335. The van der Waals surface area contributed by atoms with Crippen molar-refractivity contribution in [3.8, 4) is 0 Å². The summed E-state index contributed by atoms with van der Waals surface area (Å²) in [5.41, 5.74) is -1.37. The molecule has 1 aromatic rings. The maximum atomic E-state index is 13.1. The maximum Gasteiger partial charge on any atom is 0.418 e. The monoisotopic (exact) mass is 398 g/mol. The first kappa shape index (κ1) is 17.4. The Kier molecular flexibility index (Phi) is 5.27. The molecule has 122 valence electrons. The molecular formula is C14H15BrClF3N2O. The maximum absolute atomic E-state index is 13.1. The van der Waals surface area contributed by atoms with E-state index < -0.39 is 23.5 Å². The van der Waals surface area contributed by atoms with Gasteiger partial charge in [-0.3, -0.25) is 0 Å². The van der Waals surface area contributed by atoms with Gasteiger partial charge in [-0.2, -0.15) is 13.2 Å². The van der Waals surface area contributed by atoms with Crippen molar-refractivity contribution in [2.45, 2.75) is 25.9 Å². The third-order valence-corrected chi connectivity index (χ3v) is 4.29. The number of benzene rings is 1. The average Bonchev–Trinajstić information content (AvgIpc) is 2.40. The first-order chi connectivity index (χ1) is 10.2. The number of hydrogen-bond acceptors (Lipinski definition) is 1. The van der Waals surface area contributed by atoms with Crippen molar-refractivity contribution < 1.29 is 18.0 Å². The highest BCUT2D eigenvalue weighted by Crippen LogP contribution is 2.40. The van der Waals surface area contributed by atoms with Crippen LogP contribution in [0.3, 0.4) is 0 Å². The van der Waals surface area contributed by atoms with Crippen LogP contribution < -0.4 is 5.32 Å². The largest absolute Gasteiger partial charge is 0.418 e. The summed E-state index contributed by atoms with van der Waals surface area (Å²) in [6, 6.07) is 1.67. The summed E-state index contributed by atoms with van der Waals surface area (Å²) >= 11 is 8.87. The standard InChI is InChI=1S/C14H15BrClF3N2O/c1-8-3-2-4-21(7-8)13(22)20-12-10(14(17,18)19)5-9(15)6-11(12)16/h5-6,8H,2-4,7H2,1H3,(H,20,22). The van der Waals surface area contributed by atoms with Gasteiger partial charge >= 0.3 is 12.2 Å². The van der Waals surface area contributed by atoms with Crippen LogP contribution in [0.25, 0.3) is 0 Å². The number of likely N-dealkylation sites (tertiary alicyclic amines) is 1. The Labute approximate surface area is 139 Å². The molecule has 0 aliphatic carbocycles. The van der Waals surface area contributed by atoms with Gasteiger partial charge in [-0.15, -0.1) is 0 Å². The molecule has 22 heavy (non-hydrogen) atoms. The summed E-state index contributed by atoms with van der Waals surface area (Å²) in [7, 11) is 0. The van der Waals surface area contributed by atoms with Crippen LogP contribution in [-0.4, -0.2) is 24.0 Å². The normalized spacial score (nSPS) is 19.2. The minimum absolute atomic E-state index is 0.153. The molecule has 2 amide bonds. The molecule has 1 saturated heterocycles. The topological polar surface area (TPSA) is 32.3 Å². The number of nitrogens with zero attached hydrogens (tertiary/aromatic N) is 1. The highest BCUT2D eigenvalue weighted by Gasteiger charge is 2.36. The van der Waals surface area contributed by atoms with Crippen molar-refractivity contribution in [2.24, 2.45) is 5.92 Å². The first-order valence-corrected chi connectivity index (χ1v) is 7.97. The van der Waals surface area contributed by atoms with Gasteiger partial charge in [0.15, 0.2) is 0 Å². The third kappa shape index (κ3) is 4.07. The van der Waals surface area contributed by atoms with Crippen LogP contribution in [0, 0.1) is 5.92 Å². The molecule has 1 heterocycles. The molecular weight excluding hydrogens is 385 g/mol. The second kappa shape index (κ2) is 6.66. The molecule has 8 heteroatoms. The molecule has 3 nitrogen and oxygen atoms in total. The van der Waals surface area contributed by atoms with Crippen molar-refractivity contribution in [1.29, 1.82) is 0 Å². The molecule has 0 aromatic heterocycles. The van der Waals surface area contributed by atoms with E-state index in [1.807, 2.05) is 6.92 Å². The van der Waals surface area contributed by atoms with E-state index in [1.165, 1.54) is 11.0 Å². The van der Waals surface area contributed by atoms with Gasteiger partial charge in [0.25, 0.3) is 0 Å². The van der Waals surface area contributed by atoms with E-state index in [9.17, 15) is 18.0 Å². The summed E-state index contributed by atoms with van der Waals surface area (Å²) in [4.78, 5) is 13.7. The SMILES string of the molecule is CC1CCCN(C(=O)Nc2c(Cl)cc(Br)cc2C(F)(F)F)C1. The number of hydrogen-bond donors (Lipinski definition) is 1. The van der Waals surface area contributed by atoms with E-state index in [2.05, 4.69) is 21.2 Å². The van der Waals surface area contributed by atoms with E-state index in [1.54, 1.807) is 0 Å². The molecule has 1 fully saturated rings. The smallest absolute Gasteiger partial charge is 0.324 e. The lowest BCUT2D eigenvalue weighted by Gasteiger charge is -2.31. The van der Waals surface area contributed by atoms with Gasteiger partial charge in [0.2, 0.25) is 0 Å². The molecule has 1 aromatic carbocycles. The van der Waals surface area contributed by atoms with Gasteiger partial charge in [-0.1, -0.05) is 34.5 Å². The Hall–Kier alpha value is -0.950. The fraction of sp³-hybridized carbons (Fsp3) is 0.500. The quantitative estimate of drug-likeness (QED) is 0.675. The molecule has 1 unspecified atom stereocenters. The second-order valence-electron chi connectivity index (χ2n) is 5.43. The molecule has 0 spiro atoms. The lowest BCUT2D eigenvalue weighted by atomic mass is 10.0. The summed E-state index contributed by atoms with van der Waals surface area (Å²) in [6.07, 6.45) is -2.75. The van der Waals surface area contributed by atoms with Crippen molar-refractivity contribution in [2.75, 3.05) is 18.4 Å². The minimum Gasteiger partial charge on any atom is -0.324 e. The Morgan fingerprint density at radius 2 is 2.14 bits per heavy atom. The molecule has 1 N–H and O–H groups in total. The number of halogens is 5. The number of carbonyl (C=O) groups excluding carboxylic acids is 1. The number of nitrogens with one attached hydrogen (secondary N) is 1. The third-order valence-electron chi connectivity index (χ3n) is 3.54. The molecule has 1 aliphatic heterocycles. The van der Waals surface area contributed by atoms with Crippen LogP contribution in [0.1, 0.15) is 25.3 Å². The second-order valence-corrected chi connectivity index (χ2v) is 6.75. The lowest BCUT2D eigenvalue weighted by molar-refractivity contribution is -0.137. The highest BCUT2D eigenvalue weighted by atomic mass is 79.9. The molecule has 0 radical (unpaired) electrons. The van der Waals surface area contributed by atoms with Crippen molar-refractivity contribution >= 4 is 39.2 Å². The fourth-order valence-corrected chi connectivity index (χ4v) is 3.34. The van der Waals surface area contributed by atoms with Gasteiger partial charge in [-0.25, -0.2) is 4.79 Å². The average molecular weight is 400 g/mol. The van der Waals surface area contributed by atoms with Crippen molar-refractivity contribution in [1.82, 2.24) is 4.90 Å². The number of anilines is 1. The first-order valence-electron chi connectivity index (χ1n) is 6.80. The van der Waals surface area contributed by atoms with E-state index in [4.69, 9.17) is 11.6 Å². The number of rotatable bonds is 1. The van der Waals surface area contributed by atoms with Crippen molar-refractivity contribution in [3.63, 3.8) is 0 Å². The van der Waals surface area contributed by atoms with Gasteiger partial charge in [0.1, 0.15) is 0 Å². The predicted octanol–water partition coefficient (Wildman–Crippen LogP) is 5.39. The van der Waals surface area contributed by atoms with Crippen LogP contribution in [0.5, 0.6) is 0 Å². The Morgan fingerprint density at radius 1 is 1.45 bits per heavy atom. The Balaban J connectivity index is 2.27. The highest BCUT2D eigenvalue weighted by molar-refractivity contribution is 9.10. The molecule has 0 bridgehead atoms. The molecule has 1 aliphatic rings. The van der Waals surface area contributed by atoms with E-state index in [-0.39, 0.29) is 9.50 Å². The summed E-state index contributed by atoms with van der Waals surface area (Å²) < 4.78 is 39.6. The fourth-order valence-electron chi connectivity index (χ4n) is 2.48. The van der Waals surface area contributed by atoms with Gasteiger partial charge in [0, 0.05) is 17.6 Å². The van der Waals surface area contributed by atoms with Crippen LogP contribution in [0.4, 0.5) is 23.7 Å². The molecule has 2 rings (SSSR count). The Bertz CT molecular complexity index is 580. The van der Waals surface area contributed by atoms with E-state index in [0.717, 1.165) is 18.9 Å². The van der Waals surface area contributed by atoms with Gasteiger partial charge < -0.3 is 10.2 Å².